The Morgan fingerprint density at radius 3 is 2.27 bits per heavy atom. The van der Waals surface area contributed by atoms with Gasteiger partial charge in [0.1, 0.15) is 0 Å². The maximum absolute atomic E-state index is 9.74. The molecule has 1 saturated carbocycles. The van der Waals surface area contributed by atoms with Crippen LogP contribution in [0, 0.1) is 0 Å². The smallest absolute Gasteiger partial charge is 0.191 e. The third-order valence-electron chi connectivity index (χ3n) is 5.13. The van der Waals surface area contributed by atoms with Crippen LogP contribution in [0.2, 0.25) is 0 Å². The molecule has 2 aromatic rings. The maximum atomic E-state index is 9.74. The van der Waals surface area contributed by atoms with Gasteiger partial charge in [-0.1, -0.05) is 60.7 Å². The average molecular weight is 351 g/mol. The minimum absolute atomic E-state index is 0.0593. The molecule has 1 aliphatic carbocycles. The molecule has 0 amide bonds. The van der Waals surface area contributed by atoms with Gasteiger partial charge >= 0.3 is 0 Å². The Kier molecular flexibility index (Phi) is 6.29. The summed E-state index contributed by atoms with van der Waals surface area (Å²) in [6, 6.07) is 20.8. The largest absolute Gasteiger partial charge is 0.396 e. The number of guanidine groups is 1. The van der Waals surface area contributed by atoms with Gasteiger partial charge < -0.3 is 15.7 Å². The van der Waals surface area contributed by atoms with Gasteiger partial charge in [0.15, 0.2) is 5.96 Å². The summed E-state index contributed by atoms with van der Waals surface area (Å²) in [5.74, 6) is 0.883. The van der Waals surface area contributed by atoms with Gasteiger partial charge in [-0.3, -0.25) is 4.99 Å². The Labute approximate surface area is 156 Å². The van der Waals surface area contributed by atoms with E-state index in [1.807, 2.05) is 18.2 Å². The first-order valence-corrected chi connectivity index (χ1v) is 9.51. The number of aliphatic hydroxyl groups excluding tert-OH is 1. The first-order chi connectivity index (χ1) is 12.8. The van der Waals surface area contributed by atoms with E-state index >= 15 is 0 Å². The van der Waals surface area contributed by atoms with Crippen molar-refractivity contribution >= 4 is 5.96 Å². The molecule has 4 nitrogen and oxygen atoms in total. The molecule has 1 unspecified atom stereocenters. The molecule has 0 saturated heterocycles. The fourth-order valence-corrected chi connectivity index (χ4v) is 3.29. The minimum Gasteiger partial charge on any atom is -0.396 e. The first-order valence-electron chi connectivity index (χ1n) is 9.51. The second-order valence-electron chi connectivity index (χ2n) is 7.01. The van der Waals surface area contributed by atoms with Crippen molar-refractivity contribution in [2.24, 2.45) is 4.99 Å². The Bertz CT molecular complexity index is 696. The predicted molar refractivity (Wildman–Crippen MR) is 108 cm³/mol. The summed E-state index contributed by atoms with van der Waals surface area (Å²) in [6.45, 7) is 4.46. The normalized spacial score (nSPS) is 16.8. The van der Waals surface area contributed by atoms with Crippen LogP contribution in [0.15, 0.2) is 65.7 Å². The van der Waals surface area contributed by atoms with Crippen LogP contribution in [-0.4, -0.2) is 37.3 Å². The number of rotatable bonds is 8. The SMILES string of the molecule is CCNC(=NCC1(c2ccccc2)CC1)NCC(CO)c1ccccc1. The molecule has 3 rings (SSSR count). The standard InChI is InChI=1S/C22H29N3O/c1-2-23-21(24-15-19(16-26)18-9-5-3-6-10-18)25-17-22(13-14-22)20-11-7-4-8-12-20/h3-12,19,26H,2,13-17H2,1H3,(H2,23,24,25). The average Bonchev–Trinajstić information content (AvgIpc) is 3.49. The van der Waals surface area contributed by atoms with Gasteiger partial charge in [-0.05, 0) is 30.9 Å². The number of nitrogens with zero attached hydrogens (tertiary/aromatic N) is 1. The van der Waals surface area contributed by atoms with E-state index in [0.717, 1.165) is 24.6 Å². The van der Waals surface area contributed by atoms with Crippen molar-refractivity contribution in [3.63, 3.8) is 0 Å². The molecule has 1 atom stereocenters. The van der Waals surface area contributed by atoms with Crippen LogP contribution < -0.4 is 10.6 Å². The van der Waals surface area contributed by atoms with Crippen LogP contribution in [0.25, 0.3) is 0 Å². The molecule has 0 bridgehead atoms. The highest BCUT2D eigenvalue weighted by molar-refractivity contribution is 5.80. The van der Waals surface area contributed by atoms with Crippen molar-refractivity contribution in [3.05, 3.63) is 71.8 Å². The van der Waals surface area contributed by atoms with Crippen molar-refractivity contribution in [2.45, 2.75) is 31.1 Å². The number of nitrogens with one attached hydrogen (secondary N) is 2. The molecular formula is C22H29N3O. The lowest BCUT2D eigenvalue weighted by Gasteiger charge is -2.19. The van der Waals surface area contributed by atoms with Crippen LogP contribution in [0.4, 0.5) is 0 Å². The van der Waals surface area contributed by atoms with Crippen LogP contribution in [-0.2, 0) is 5.41 Å². The topological polar surface area (TPSA) is 56.7 Å². The highest BCUT2D eigenvalue weighted by atomic mass is 16.3. The minimum atomic E-state index is 0.0593. The second-order valence-corrected chi connectivity index (χ2v) is 7.01. The van der Waals surface area contributed by atoms with Gasteiger partial charge in [0.25, 0.3) is 0 Å². The van der Waals surface area contributed by atoms with E-state index < -0.39 is 0 Å². The van der Waals surface area contributed by atoms with Crippen LogP contribution in [0.1, 0.15) is 36.8 Å². The summed E-state index contributed by atoms with van der Waals surface area (Å²) in [5.41, 5.74) is 2.73. The zero-order valence-corrected chi connectivity index (χ0v) is 15.5. The Morgan fingerprint density at radius 1 is 1.04 bits per heavy atom. The van der Waals surface area contributed by atoms with Crippen molar-refractivity contribution < 1.29 is 5.11 Å². The molecule has 0 aromatic heterocycles. The van der Waals surface area contributed by atoms with E-state index in [0.29, 0.717) is 6.54 Å². The lowest BCUT2D eigenvalue weighted by atomic mass is 9.96. The molecule has 2 aromatic carbocycles. The molecule has 1 aliphatic rings. The molecule has 3 N–H and O–H groups in total. The van der Waals surface area contributed by atoms with E-state index in [9.17, 15) is 5.11 Å². The molecule has 1 fully saturated rings. The molecule has 138 valence electrons. The van der Waals surface area contributed by atoms with E-state index in [1.54, 1.807) is 0 Å². The summed E-state index contributed by atoms with van der Waals surface area (Å²) in [5, 5.41) is 16.5. The first kappa shape index (κ1) is 18.5. The van der Waals surface area contributed by atoms with Crippen molar-refractivity contribution in [2.75, 3.05) is 26.2 Å². The van der Waals surface area contributed by atoms with Gasteiger partial charge in [0.05, 0.1) is 13.2 Å². The van der Waals surface area contributed by atoms with E-state index in [1.165, 1.54) is 18.4 Å². The van der Waals surface area contributed by atoms with Crippen molar-refractivity contribution in [1.82, 2.24) is 10.6 Å². The summed E-state index contributed by atoms with van der Waals surface area (Å²) in [6.07, 6.45) is 2.40. The number of benzene rings is 2. The van der Waals surface area contributed by atoms with Gasteiger partial charge in [-0.2, -0.15) is 0 Å². The molecule has 4 heteroatoms. The van der Waals surface area contributed by atoms with Crippen molar-refractivity contribution in [1.29, 1.82) is 0 Å². The van der Waals surface area contributed by atoms with Crippen molar-refractivity contribution in [3.8, 4) is 0 Å². The summed E-state index contributed by atoms with van der Waals surface area (Å²) < 4.78 is 0. The van der Waals surface area contributed by atoms with E-state index in [2.05, 4.69) is 60.0 Å². The highest BCUT2D eigenvalue weighted by Gasteiger charge is 2.43. The Hall–Kier alpha value is -2.33. The number of aliphatic hydroxyl groups is 1. The van der Waals surface area contributed by atoms with Crippen LogP contribution in [0.3, 0.4) is 0 Å². The zero-order chi connectivity index (χ0) is 18.2. The zero-order valence-electron chi connectivity index (χ0n) is 15.5. The fourth-order valence-electron chi connectivity index (χ4n) is 3.29. The molecule has 0 radical (unpaired) electrons. The third kappa shape index (κ3) is 4.64. The quantitative estimate of drug-likeness (QED) is 0.506. The maximum Gasteiger partial charge on any atom is 0.191 e. The lowest BCUT2D eigenvalue weighted by Crippen LogP contribution is -2.40. The number of aliphatic imine (C=N–C) groups is 1. The fraction of sp³-hybridized carbons (Fsp3) is 0.409. The Balaban J connectivity index is 1.62. The van der Waals surface area contributed by atoms with Gasteiger partial charge in [-0.15, -0.1) is 0 Å². The monoisotopic (exact) mass is 351 g/mol. The molecule has 0 spiro atoms. The Morgan fingerprint density at radius 2 is 1.69 bits per heavy atom. The highest BCUT2D eigenvalue weighted by Crippen LogP contribution is 2.48. The summed E-state index contributed by atoms with van der Waals surface area (Å²) >= 11 is 0. The molecular weight excluding hydrogens is 322 g/mol. The number of hydrogen-bond donors (Lipinski definition) is 3. The molecule has 26 heavy (non-hydrogen) atoms. The number of hydrogen-bond acceptors (Lipinski definition) is 2. The van der Waals surface area contributed by atoms with E-state index in [4.69, 9.17) is 4.99 Å². The van der Waals surface area contributed by atoms with E-state index in [-0.39, 0.29) is 17.9 Å². The summed E-state index contributed by atoms with van der Waals surface area (Å²) in [7, 11) is 0. The third-order valence-corrected chi connectivity index (χ3v) is 5.13. The van der Waals surface area contributed by atoms with Crippen LogP contribution >= 0.6 is 0 Å². The second kappa shape index (κ2) is 8.86. The van der Waals surface area contributed by atoms with Crippen LogP contribution in [0.5, 0.6) is 0 Å². The summed E-state index contributed by atoms with van der Waals surface area (Å²) in [4.78, 5) is 4.84. The lowest BCUT2D eigenvalue weighted by molar-refractivity contribution is 0.265. The molecule has 0 heterocycles. The van der Waals surface area contributed by atoms with Gasteiger partial charge in [-0.25, -0.2) is 0 Å². The van der Waals surface area contributed by atoms with Gasteiger partial charge in [0, 0.05) is 24.4 Å². The van der Waals surface area contributed by atoms with Gasteiger partial charge in [0.2, 0.25) is 0 Å². The molecule has 0 aliphatic heterocycles. The predicted octanol–water partition coefficient (Wildman–Crippen LogP) is 3.05.